The molecule has 178 valence electrons. The molecule has 0 fully saturated rings. The van der Waals surface area contributed by atoms with Crippen LogP contribution in [0, 0.1) is 0 Å². The van der Waals surface area contributed by atoms with E-state index in [2.05, 4.69) is 25.9 Å². The van der Waals surface area contributed by atoms with Crippen molar-refractivity contribution in [3.8, 4) is 0 Å². The Balaban J connectivity index is 2.21. The monoisotopic (exact) mass is 438 g/mol. The van der Waals surface area contributed by atoms with Crippen molar-refractivity contribution in [2.24, 2.45) is 21.5 Å². The van der Waals surface area contributed by atoms with Crippen molar-refractivity contribution in [3.63, 3.8) is 0 Å². The molecule has 10 heteroatoms. The molecule has 1 heterocycles. The highest BCUT2D eigenvalue weighted by molar-refractivity contribution is 5.95. The summed E-state index contributed by atoms with van der Waals surface area (Å²) in [6.07, 6.45) is 13.1. The molecule has 0 saturated carbocycles. The van der Waals surface area contributed by atoms with Crippen molar-refractivity contribution in [1.29, 1.82) is 0 Å². The Morgan fingerprint density at radius 1 is 1.06 bits per heavy atom. The van der Waals surface area contributed by atoms with Gasteiger partial charge < -0.3 is 21.7 Å². The Kier molecular flexibility index (Phi) is 14.7. The maximum atomic E-state index is 12.5. The molecule has 1 aliphatic heterocycles. The summed E-state index contributed by atoms with van der Waals surface area (Å²) < 4.78 is 0. The molecule has 1 aliphatic rings. The highest BCUT2D eigenvalue weighted by atomic mass is 16.2. The molecule has 7 N–H and O–H groups in total. The van der Waals surface area contributed by atoms with Crippen LogP contribution in [0.3, 0.4) is 0 Å². The van der Waals surface area contributed by atoms with E-state index in [0.29, 0.717) is 13.1 Å². The Labute approximate surface area is 186 Å². The largest absolute Gasteiger partial charge is 0.370 e. The lowest BCUT2D eigenvalue weighted by Gasteiger charge is -2.23. The second kappa shape index (κ2) is 17.2. The van der Waals surface area contributed by atoms with E-state index in [4.69, 9.17) is 11.5 Å². The van der Waals surface area contributed by atoms with Crippen LogP contribution in [0.15, 0.2) is 9.98 Å². The minimum Gasteiger partial charge on any atom is -0.370 e. The van der Waals surface area contributed by atoms with Crippen molar-refractivity contribution in [3.05, 3.63) is 0 Å². The molecule has 0 saturated heterocycles. The van der Waals surface area contributed by atoms with Crippen molar-refractivity contribution >= 4 is 24.0 Å². The minimum absolute atomic E-state index is 0.138. The summed E-state index contributed by atoms with van der Waals surface area (Å²) in [4.78, 5) is 33.8. The SMILES string of the molecule is CNC(=O)NC(N)=NCCCCCCCCN1CCCCCCCCN=C(N)NC1=O. The molecule has 0 aromatic carbocycles. The van der Waals surface area contributed by atoms with E-state index in [1.54, 1.807) is 0 Å². The fourth-order valence-corrected chi connectivity index (χ4v) is 3.40. The predicted molar refractivity (Wildman–Crippen MR) is 126 cm³/mol. The summed E-state index contributed by atoms with van der Waals surface area (Å²) >= 11 is 0. The third-order valence-corrected chi connectivity index (χ3v) is 5.23. The number of nitrogens with two attached hydrogens (primary N) is 2. The van der Waals surface area contributed by atoms with Crippen molar-refractivity contribution in [1.82, 2.24) is 20.9 Å². The van der Waals surface area contributed by atoms with Crippen LogP contribution in [0.25, 0.3) is 0 Å². The van der Waals surface area contributed by atoms with E-state index in [9.17, 15) is 9.59 Å². The van der Waals surface area contributed by atoms with Gasteiger partial charge in [-0.2, -0.15) is 0 Å². The molecule has 10 nitrogen and oxygen atoms in total. The van der Waals surface area contributed by atoms with Crippen LogP contribution in [0.5, 0.6) is 0 Å². The number of amides is 4. The van der Waals surface area contributed by atoms with Crippen LogP contribution in [0.2, 0.25) is 0 Å². The Morgan fingerprint density at radius 2 is 1.71 bits per heavy atom. The third-order valence-electron chi connectivity index (χ3n) is 5.23. The standard InChI is InChI=1S/C21H42N8O2/c1-24-20(30)27-18(22)25-14-10-6-2-4-8-12-16-29-17-13-9-5-3-7-11-15-26-19(23)28-21(29)31/h2-17H2,1H3,(H3,23,26,28,31)(H4,22,24,25,27,30). The van der Waals surface area contributed by atoms with Gasteiger partial charge >= 0.3 is 12.1 Å². The average Bonchev–Trinajstić information content (AvgIpc) is 2.75. The first-order valence-electron chi connectivity index (χ1n) is 11.7. The molecule has 0 aromatic rings. The molecule has 31 heavy (non-hydrogen) atoms. The number of urea groups is 2. The van der Waals surface area contributed by atoms with Crippen LogP contribution in [0.1, 0.15) is 77.0 Å². The molecule has 0 atom stereocenters. The smallest absolute Gasteiger partial charge is 0.324 e. The molecule has 0 aliphatic carbocycles. The van der Waals surface area contributed by atoms with Gasteiger partial charge in [-0.25, -0.2) is 9.59 Å². The van der Waals surface area contributed by atoms with Crippen LogP contribution in [-0.2, 0) is 0 Å². The third kappa shape index (κ3) is 14.2. The predicted octanol–water partition coefficient (Wildman–Crippen LogP) is 2.25. The van der Waals surface area contributed by atoms with Gasteiger partial charge in [0.2, 0.25) is 0 Å². The van der Waals surface area contributed by atoms with Crippen LogP contribution >= 0.6 is 0 Å². The summed E-state index contributed by atoms with van der Waals surface area (Å²) in [5.41, 5.74) is 11.5. The van der Waals surface area contributed by atoms with Crippen LogP contribution in [0.4, 0.5) is 9.59 Å². The number of carbonyl (C=O) groups excluding carboxylic acids is 2. The number of aliphatic imine (C=N–C) groups is 2. The first-order chi connectivity index (χ1) is 15.0. The summed E-state index contributed by atoms with van der Waals surface area (Å²) in [5.74, 6) is 0.369. The number of carbonyl (C=O) groups is 2. The lowest BCUT2D eigenvalue weighted by molar-refractivity contribution is 0.200. The van der Waals surface area contributed by atoms with E-state index in [0.717, 1.165) is 70.9 Å². The number of unbranched alkanes of at least 4 members (excludes halogenated alkanes) is 5. The van der Waals surface area contributed by atoms with E-state index in [1.807, 2.05) is 4.90 Å². The second-order valence-electron chi connectivity index (χ2n) is 7.90. The molecule has 0 spiro atoms. The van der Waals surface area contributed by atoms with Gasteiger partial charge in [-0.05, 0) is 25.7 Å². The molecule has 0 bridgehead atoms. The zero-order chi connectivity index (χ0) is 22.7. The number of rotatable bonds is 9. The van der Waals surface area contributed by atoms with E-state index in [1.165, 1.54) is 26.3 Å². The summed E-state index contributed by atoms with van der Waals surface area (Å²) in [7, 11) is 1.53. The Hall–Kier alpha value is -2.52. The highest BCUT2D eigenvalue weighted by Gasteiger charge is 2.14. The lowest BCUT2D eigenvalue weighted by Crippen LogP contribution is -2.46. The number of hydrogen-bond donors (Lipinski definition) is 5. The zero-order valence-electron chi connectivity index (χ0n) is 19.1. The lowest BCUT2D eigenvalue weighted by atomic mass is 10.1. The number of nitrogens with one attached hydrogen (secondary N) is 3. The van der Waals surface area contributed by atoms with E-state index in [-0.39, 0.29) is 24.0 Å². The number of hydrogen-bond acceptors (Lipinski definition) is 5. The average molecular weight is 439 g/mol. The summed E-state index contributed by atoms with van der Waals surface area (Å²) in [6, 6.07) is -0.501. The highest BCUT2D eigenvalue weighted by Crippen LogP contribution is 2.10. The zero-order valence-corrected chi connectivity index (χ0v) is 19.1. The number of guanidine groups is 2. The Bertz CT molecular complexity index is 580. The molecular formula is C21H42N8O2. The molecule has 1 rings (SSSR count). The van der Waals surface area contributed by atoms with E-state index < -0.39 is 0 Å². The van der Waals surface area contributed by atoms with Gasteiger partial charge in [0, 0.05) is 33.2 Å². The topological polar surface area (TPSA) is 150 Å². The fraction of sp³-hybridized carbons (Fsp3) is 0.810. The maximum absolute atomic E-state index is 12.5. The van der Waals surface area contributed by atoms with Crippen molar-refractivity contribution < 1.29 is 9.59 Å². The van der Waals surface area contributed by atoms with Gasteiger partial charge in [-0.15, -0.1) is 0 Å². The summed E-state index contributed by atoms with van der Waals surface area (Å²) in [6.45, 7) is 2.79. The maximum Gasteiger partial charge on any atom is 0.324 e. The van der Waals surface area contributed by atoms with Crippen molar-refractivity contribution in [2.75, 3.05) is 33.2 Å². The van der Waals surface area contributed by atoms with Gasteiger partial charge in [0.1, 0.15) is 0 Å². The normalized spacial score (nSPS) is 16.9. The van der Waals surface area contributed by atoms with Crippen LogP contribution in [-0.4, -0.2) is 62.1 Å². The van der Waals surface area contributed by atoms with Gasteiger partial charge in [0.15, 0.2) is 11.9 Å². The van der Waals surface area contributed by atoms with Crippen molar-refractivity contribution in [2.45, 2.75) is 77.0 Å². The first-order valence-corrected chi connectivity index (χ1v) is 11.7. The molecule has 4 amide bonds. The number of nitrogens with zero attached hydrogens (tertiary/aromatic N) is 3. The quantitative estimate of drug-likeness (QED) is 0.213. The van der Waals surface area contributed by atoms with Gasteiger partial charge in [0.25, 0.3) is 0 Å². The van der Waals surface area contributed by atoms with Gasteiger partial charge in [-0.3, -0.25) is 20.6 Å². The molecule has 0 unspecified atom stereocenters. The second-order valence-corrected chi connectivity index (χ2v) is 7.90. The molecule has 0 radical (unpaired) electrons. The van der Waals surface area contributed by atoms with E-state index >= 15 is 0 Å². The summed E-state index contributed by atoms with van der Waals surface area (Å²) in [5, 5.41) is 7.59. The Morgan fingerprint density at radius 3 is 2.45 bits per heavy atom. The van der Waals surface area contributed by atoms with Gasteiger partial charge in [0.05, 0.1) is 0 Å². The van der Waals surface area contributed by atoms with Crippen LogP contribution < -0.4 is 27.4 Å². The fourth-order valence-electron chi connectivity index (χ4n) is 3.40. The minimum atomic E-state index is -0.363. The molecule has 0 aromatic heterocycles. The molecular weight excluding hydrogens is 396 g/mol. The first kappa shape index (κ1) is 26.5. The van der Waals surface area contributed by atoms with Gasteiger partial charge in [-0.1, -0.05) is 51.4 Å².